The Kier molecular flexibility index (Phi) is 4.91. The minimum atomic E-state index is -0.217. The van der Waals surface area contributed by atoms with Crippen molar-refractivity contribution in [3.63, 3.8) is 0 Å². The van der Waals surface area contributed by atoms with Gasteiger partial charge in [-0.2, -0.15) is 0 Å². The molecule has 0 fully saturated rings. The summed E-state index contributed by atoms with van der Waals surface area (Å²) in [5.41, 5.74) is 6.70. The second-order valence-electron chi connectivity index (χ2n) is 9.28. The summed E-state index contributed by atoms with van der Waals surface area (Å²) >= 11 is 7.53. The highest BCUT2D eigenvalue weighted by molar-refractivity contribution is 7.13. The largest absolute Gasteiger partial charge is 0.493 e. The van der Waals surface area contributed by atoms with Gasteiger partial charge in [0.1, 0.15) is 0 Å². The minimum Gasteiger partial charge on any atom is -0.493 e. The Hall–Kier alpha value is -2.70. The molecule has 1 N–H and O–H groups in total. The quantitative estimate of drug-likeness (QED) is 0.309. The van der Waals surface area contributed by atoms with E-state index < -0.39 is 0 Å². The van der Waals surface area contributed by atoms with Crippen molar-refractivity contribution in [2.45, 2.75) is 52.5 Å². The maximum atomic E-state index is 11.3. The summed E-state index contributed by atoms with van der Waals surface area (Å²) in [6.07, 6.45) is 0.950. The molecule has 5 nitrogen and oxygen atoms in total. The van der Waals surface area contributed by atoms with Crippen molar-refractivity contribution in [3.8, 4) is 17.1 Å². The molecule has 2 aromatic carbocycles. The number of rotatable bonds is 3. The molecule has 0 aliphatic carbocycles. The van der Waals surface area contributed by atoms with Crippen molar-refractivity contribution in [1.29, 1.82) is 0 Å². The molecule has 2 aromatic heterocycles. The standard InChI is InChI=1S/C25H25ClN4OS/c1-13-9-18-14(2)11-25(4,5)30-22(18)20(15(13)3)21(23(30)31)28-29-24-27-19(12-32-24)16-7-6-8-17(26)10-16/h6-10,12,14,31H,11H2,1-5H3. The third-order valence-corrected chi connectivity index (χ3v) is 7.48. The van der Waals surface area contributed by atoms with Gasteiger partial charge in [0, 0.05) is 26.9 Å². The van der Waals surface area contributed by atoms with Gasteiger partial charge in [-0.25, -0.2) is 4.98 Å². The summed E-state index contributed by atoms with van der Waals surface area (Å²) in [5.74, 6) is 0.569. The van der Waals surface area contributed by atoms with E-state index in [9.17, 15) is 5.11 Å². The van der Waals surface area contributed by atoms with Crippen molar-refractivity contribution >= 4 is 44.7 Å². The molecule has 4 aromatic rings. The Labute approximate surface area is 196 Å². The summed E-state index contributed by atoms with van der Waals surface area (Å²) in [6.45, 7) is 10.8. The van der Waals surface area contributed by atoms with Gasteiger partial charge < -0.3 is 9.67 Å². The van der Waals surface area contributed by atoms with Crippen LogP contribution >= 0.6 is 22.9 Å². The molecule has 0 saturated carbocycles. The lowest BCUT2D eigenvalue weighted by atomic mass is 9.81. The third-order valence-electron chi connectivity index (χ3n) is 6.52. The number of aryl methyl sites for hydroxylation is 2. The molecule has 0 bridgehead atoms. The predicted molar refractivity (Wildman–Crippen MR) is 132 cm³/mol. The van der Waals surface area contributed by atoms with Gasteiger partial charge in [0.25, 0.3) is 0 Å². The molecular formula is C25H25ClN4OS. The zero-order valence-electron chi connectivity index (χ0n) is 18.8. The molecule has 0 amide bonds. The number of halogens is 1. The lowest BCUT2D eigenvalue weighted by Crippen LogP contribution is -2.31. The lowest BCUT2D eigenvalue weighted by Gasteiger charge is -2.37. The summed E-state index contributed by atoms with van der Waals surface area (Å²) in [6, 6.07) is 9.84. The van der Waals surface area contributed by atoms with Gasteiger partial charge in [-0.3, -0.25) is 0 Å². The van der Waals surface area contributed by atoms with Crippen LogP contribution in [0, 0.1) is 13.8 Å². The Bertz CT molecular complexity index is 1400. The number of aromatic nitrogens is 2. The van der Waals surface area contributed by atoms with Crippen molar-refractivity contribution in [1.82, 2.24) is 9.55 Å². The van der Waals surface area contributed by atoms with Crippen molar-refractivity contribution in [2.24, 2.45) is 10.2 Å². The molecule has 3 heterocycles. The SMILES string of the molecule is Cc1cc2c3c(c1C)c(N=Nc1nc(-c4cccc(Cl)c4)cs1)c(O)n3C(C)(C)CC2C. The lowest BCUT2D eigenvalue weighted by molar-refractivity contribution is 0.267. The van der Waals surface area contributed by atoms with Crippen LogP contribution in [0.2, 0.25) is 5.02 Å². The Morgan fingerprint density at radius 2 is 2.00 bits per heavy atom. The van der Waals surface area contributed by atoms with E-state index in [0.29, 0.717) is 21.8 Å². The predicted octanol–water partition coefficient (Wildman–Crippen LogP) is 8.40. The monoisotopic (exact) mass is 464 g/mol. The molecule has 1 atom stereocenters. The van der Waals surface area contributed by atoms with Crippen LogP contribution in [0.1, 0.15) is 49.8 Å². The molecule has 0 saturated heterocycles. The maximum Gasteiger partial charge on any atom is 0.230 e. The van der Waals surface area contributed by atoms with E-state index in [-0.39, 0.29) is 11.4 Å². The average molecular weight is 465 g/mol. The topological polar surface area (TPSA) is 62.8 Å². The maximum absolute atomic E-state index is 11.3. The molecule has 1 aliphatic rings. The van der Waals surface area contributed by atoms with E-state index in [1.165, 1.54) is 22.5 Å². The smallest absolute Gasteiger partial charge is 0.230 e. The van der Waals surface area contributed by atoms with Crippen molar-refractivity contribution < 1.29 is 5.11 Å². The van der Waals surface area contributed by atoms with Gasteiger partial charge in [0.2, 0.25) is 11.0 Å². The first-order valence-corrected chi connectivity index (χ1v) is 11.9. The van der Waals surface area contributed by atoms with Crippen LogP contribution in [0.25, 0.3) is 22.2 Å². The highest BCUT2D eigenvalue weighted by atomic mass is 35.5. The second kappa shape index (κ2) is 7.42. The second-order valence-corrected chi connectivity index (χ2v) is 10.6. The molecule has 1 aliphatic heterocycles. The van der Waals surface area contributed by atoms with Crippen LogP contribution in [0.4, 0.5) is 10.8 Å². The first-order chi connectivity index (χ1) is 15.2. The van der Waals surface area contributed by atoms with Crippen LogP contribution in [-0.2, 0) is 5.54 Å². The average Bonchev–Trinajstić information content (AvgIpc) is 3.31. The molecule has 32 heavy (non-hydrogen) atoms. The summed E-state index contributed by atoms with van der Waals surface area (Å²) in [4.78, 5) is 4.59. The van der Waals surface area contributed by atoms with E-state index in [1.807, 2.05) is 34.2 Å². The number of nitrogens with zero attached hydrogens (tertiary/aromatic N) is 4. The van der Waals surface area contributed by atoms with E-state index in [1.54, 1.807) is 0 Å². The Morgan fingerprint density at radius 3 is 2.75 bits per heavy atom. The normalized spacial score (nSPS) is 17.5. The molecule has 7 heteroatoms. The fourth-order valence-electron chi connectivity index (χ4n) is 4.98. The van der Waals surface area contributed by atoms with Gasteiger partial charge in [-0.15, -0.1) is 21.6 Å². The number of aromatic hydroxyl groups is 1. The molecule has 5 rings (SSSR count). The fraction of sp³-hybridized carbons (Fsp3) is 0.320. The molecule has 1 unspecified atom stereocenters. The number of thiazole rings is 1. The van der Waals surface area contributed by atoms with E-state index in [2.05, 4.69) is 55.9 Å². The van der Waals surface area contributed by atoms with Crippen molar-refractivity contribution in [2.75, 3.05) is 0 Å². The minimum absolute atomic E-state index is 0.169. The molecule has 0 radical (unpaired) electrons. The zero-order chi connectivity index (χ0) is 22.8. The van der Waals surface area contributed by atoms with E-state index in [0.717, 1.165) is 34.1 Å². The molecule has 0 spiro atoms. The summed E-state index contributed by atoms with van der Waals surface area (Å²) in [5, 5.41) is 24.4. The number of hydrogen-bond donors (Lipinski definition) is 1. The number of benzene rings is 2. The summed E-state index contributed by atoms with van der Waals surface area (Å²) in [7, 11) is 0. The van der Waals surface area contributed by atoms with Crippen LogP contribution in [0.3, 0.4) is 0 Å². The van der Waals surface area contributed by atoms with Gasteiger partial charge in [0.05, 0.1) is 11.2 Å². The van der Waals surface area contributed by atoms with Gasteiger partial charge >= 0.3 is 0 Å². The third kappa shape index (κ3) is 3.24. The highest BCUT2D eigenvalue weighted by Gasteiger charge is 2.37. The van der Waals surface area contributed by atoms with Gasteiger partial charge in [-0.1, -0.05) is 36.7 Å². The highest BCUT2D eigenvalue weighted by Crippen LogP contribution is 2.52. The number of azo groups is 1. The summed E-state index contributed by atoms with van der Waals surface area (Å²) < 4.78 is 2.04. The van der Waals surface area contributed by atoms with Crippen LogP contribution in [0.15, 0.2) is 45.9 Å². The van der Waals surface area contributed by atoms with Crippen LogP contribution < -0.4 is 0 Å². The zero-order valence-corrected chi connectivity index (χ0v) is 20.3. The molecular weight excluding hydrogens is 440 g/mol. The Balaban J connectivity index is 1.64. The Morgan fingerprint density at radius 1 is 1.22 bits per heavy atom. The van der Waals surface area contributed by atoms with E-state index >= 15 is 0 Å². The van der Waals surface area contributed by atoms with Crippen LogP contribution in [-0.4, -0.2) is 14.7 Å². The van der Waals surface area contributed by atoms with Gasteiger partial charge in [0.15, 0.2) is 5.69 Å². The first-order valence-electron chi connectivity index (χ1n) is 10.7. The molecule has 164 valence electrons. The van der Waals surface area contributed by atoms with Gasteiger partial charge in [-0.05, 0) is 68.9 Å². The fourth-order valence-corrected chi connectivity index (χ4v) is 5.81. The number of hydrogen-bond acceptors (Lipinski definition) is 5. The first kappa shape index (κ1) is 21.2. The van der Waals surface area contributed by atoms with E-state index in [4.69, 9.17) is 11.6 Å². The van der Waals surface area contributed by atoms with Crippen molar-refractivity contribution in [3.05, 3.63) is 57.4 Å². The van der Waals surface area contributed by atoms with Crippen LogP contribution in [0.5, 0.6) is 5.88 Å².